The van der Waals surface area contributed by atoms with Crippen LogP contribution in [0.15, 0.2) is 48.5 Å². The summed E-state index contributed by atoms with van der Waals surface area (Å²) < 4.78 is 18.8. The number of ether oxygens (including phenoxy) is 1. The van der Waals surface area contributed by atoms with E-state index in [1.165, 1.54) is 18.2 Å². The standard InChI is InChI=1S/C20H19FN2O5/c21-15-4-2-1-3-13(15)11-22-18(24)12-5-7-14(8-6-12)23-19(25)16-9-10-17(28-16)20(26)27/h1-8,16-17H,9-11H2,(H,22,24)(H,23,25)(H,26,27)/t16-,17+/m0/s1. The zero-order chi connectivity index (χ0) is 20.1. The summed E-state index contributed by atoms with van der Waals surface area (Å²) in [7, 11) is 0. The molecule has 1 aliphatic heterocycles. The summed E-state index contributed by atoms with van der Waals surface area (Å²) in [6, 6.07) is 12.4. The van der Waals surface area contributed by atoms with Crippen molar-refractivity contribution in [3.8, 4) is 0 Å². The SMILES string of the molecule is O=C(NCc1ccccc1F)c1ccc(NC(=O)[C@@H]2CC[C@H](C(=O)O)O2)cc1. The maximum Gasteiger partial charge on any atom is 0.332 e. The molecule has 0 spiro atoms. The zero-order valence-electron chi connectivity index (χ0n) is 14.9. The lowest BCUT2D eigenvalue weighted by Crippen LogP contribution is -2.30. The molecule has 1 fully saturated rings. The lowest BCUT2D eigenvalue weighted by atomic mass is 10.1. The van der Waals surface area contributed by atoms with Crippen LogP contribution in [0.1, 0.15) is 28.8 Å². The van der Waals surface area contributed by atoms with Crippen LogP contribution < -0.4 is 10.6 Å². The van der Waals surface area contributed by atoms with Gasteiger partial charge in [0.15, 0.2) is 6.10 Å². The number of carboxylic acids is 1. The van der Waals surface area contributed by atoms with Gasteiger partial charge in [-0.05, 0) is 43.2 Å². The average molecular weight is 386 g/mol. The number of hydrogen-bond donors (Lipinski definition) is 3. The molecule has 146 valence electrons. The van der Waals surface area contributed by atoms with Crippen LogP contribution in [0.25, 0.3) is 0 Å². The second-order valence-electron chi connectivity index (χ2n) is 6.37. The van der Waals surface area contributed by atoms with Crippen LogP contribution >= 0.6 is 0 Å². The van der Waals surface area contributed by atoms with E-state index < -0.39 is 24.1 Å². The van der Waals surface area contributed by atoms with Crippen LogP contribution in [0.3, 0.4) is 0 Å². The third-order valence-corrected chi connectivity index (χ3v) is 4.40. The molecule has 28 heavy (non-hydrogen) atoms. The summed E-state index contributed by atoms with van der Waals surface area (Å²) in [6.07, 6.45) is -1.16. The van der Waals surface area contributed by atoms with Gasteiger partial charge in [-0.3, -0.25) is 9.59 Å². The lowest BCUT2D eigenvalue weighted by Gasteiger charge is -2.12. The van der Waals surface area contributed by atoms with E-state index in [1.807, 2.05) is 0 Å². The topological polar surface area (TPSA) is 105 Å². The van der Waals surface area contributed by atoms with Crippen LogP contribution in [0.4, 0.5) is 10.1 Å². The van der Waals surface area contributed by atoms with Crippen LogP contribution in [-0.4, -0.2) is 35.1 Å². The third kappa shape index (κ3) is 4.72. The number of halogens is 1. The Morgan fingerprint density at radius 2 is 1.71 bits per heavy atom. The van der Waals surface area contributed by atoms with Crippen LogP contribution in [-0.2, 0) is 20.9 Å². The normalized spacial score (nSPS) is 18.5. The number of carbonyl (C=O) groups excluding carboxylic acids is 2. The Morgan fingerprint density at radius 1 is 1.04 bits per heavy atom. The largest absolute Gasteiger partial charge is 0.479 e. The van der Waals surface area contributed by atoms with Gasteiger partial charge in [-0.1, -0.05) is 18.2 Å². The number of nitrogens with one attached hydrogen (secondary N) is 2. The first kappa shape index (κ1) is 19.5. The van der Waals surface area contributed by atoms with Gasteiger partial charge in [0, 0.05) is 23.4 Å². The number of amides is 2. The maximum atomic E-state index is 13.6. The molecule has 7 nitrogen and oxygen atoms in total. The van der Waals surface area contributed by atoms with Crippen molar-refractivity contribution in [2.45, 2.75) is 31.6 Å². The fraction of sp³-hybridized carbons (Fsp3) is 0.250. The molecule has 0 aliphatic carbocycles. The molecule has 3 rings (SSSR count). The summed E-state index contributed by atoms with van der Waals surface area (Å²) in [4.78, 5) is 35.2. The van der Waals surface area contributed by atoms with Crippen molar-refractivity contribution in [2.24, 2.45) is 0 Å². The molecule has 0 bridgehead atoms. The Morgan fingerprint density at radius 3 is 2.36 bits per heavy atom. The zero-order valence-corrected chi connectivity index (χ0v) is 14.9. The van der Waals surface area contributed by atoms with Gasteiger partial charge < -0.3 is 20.5 Å². The van der Waals surface area contributed by atoms with Gasteiger partial charge in [-0.15, -0.1) is 0 Å². The Labute approximate surface area is 160 Å². The summed E-state index contributed by atoms with van der Waals surface area (Å²) in [5, 5.41) is 14.2. The fourth-order valence-corrected chi connectivity index (χ4v) is 2.86. The molecule has 1 aliphatic rings. The molecule has 0 saturated carbocycles. The molecule has 0 aromatic heterocycles. The van der Waals surface area contributed by atoms with Gasteiger partial charge in [0.1, 0.15) is 11.9 Å². The first-order chi connectivity index (χ1) is 13.4. The predicted molar refractivity (Wildman–Crippen MR) is 98.2 cm³/mol. The number of benzene rings is 2. The number of carboxylic acid groups (broad SMARTS) is 1. The van der Waals surface area contributed by atoms with Gasteiger partial charge in [0.25, 0.3) is 11.8 Å². The Hall–Kier alpha value is -3.26. The highest BCUT2D eigenvalue weighted by Gasteiger charge is 2.34. The van der Waals surface area contributed by atoms with Crippen molar-refractivity contribution in [1.29, 1.82) is 0 Å². The van der Waals surface area contributed by atoms with E-state index in [2.05, 4.69) is 10.6 Å². The van der Waals surface area contributed by atoms with E-state index in [0.29, 0.717) is 23.2 Å². The van der Waals surface area contributed by atoms with E-state index in [-0.39, 0.29) is 24.7 Å². The number of rotatable bonds is 6. The van der Waals surface area contributed by atoms with E-state index in [1.54, 1.807) is 30.3 Å². The van der Waals surface area contributed by atoms with Gasteiger partial charge in [-0.25, -0.2) is 9.18 Å². The third-order valence-electron chi connectivity index (χ3n) is 4.40. The monoisotopic (exact) mass is 386 g/mol. The molecule has 0 radical (unpaired) electrons. The predicted octanol–water partition coefficient (Wildman–Crippen LogP) is 2.33. The van der Waals surface area contributed by atoms with Crippen molar-refractivity contribution in [3.63, 3.8) is 0 Å². The molecule has 1 saturated heterocycles. The molecule has 2 aromatic rings. The van der Waals surface area contributed by atoms with E-state index in [9.17, 15) is 18.8 Å². The minimum Gasteiger partial charge on any atom is -0.479 e. The van der Waals surface area contributed by atoms with Gasteiger partial charge >= 0.3 is 5.97 Å². The van der Waals surface area contributed by atoms with Crippen molar-refractivity contribution in [3.05, 3.63) is 65.5 Å². The summed E-state index contributed by atoms with van der Waals surface area (Å²) >= 11 is 0. The quantitative estimate of drug-likeness (QED) is 0.707. The van der Waals surface area contributed by atoms with Crippen LogP contribution in [0, 0.1) is 5.82 Å². The number of aliphatic carboxylic acids is 1. The molecule has 2 amide bonds. The van der Waals surface area contributed by atoms with Gasteiger partial charge in [0.05, 0.1) is 0 Å². The smallest absolute Gasteiger partial charge is 0.332 e. The molecule has 3 N–H and O–H groups in total. The lowest BCUT2D eigenvalue weighted by molar-refractivity contribution is -0.150. The number of carbonyl (C=O) groups is 3. The summed E-state index contributed by atoms with van der Waals surface area (Å²) in [5.41, 5.74) is 1.20. The average Bonchev–Trinajstić information content (AvgIpc) is 3.18. The highest BCUT2D eigenvalue weighted by atomic mass is 19.1. The second-order valence-corrected chi connectivity index (χ2v) is 6.37. The van der Waals surface area contributed by atoms with Gasteiger partial charge in [0.2, 0.25) is 0 Å². The first-order valence-corrected chi connectivity index (χ1v) is 8.75. The first-order valence-electron chi connectivity index (χ1n) is 8.75. The highest BCUT2D eigenvalue weighted by Crippen LogP contribution is 2.21. The molecule has 2 aromatic carbocycles. The number of hydrogen-bond acceptors (Lipinski definition) is 4. The van der Waals surface area contributed by atoms with Crippen molar-refractivity contribution in [2.75, 3.05) is 5.32 Å². The Kier molecular flexibility index (Phi) is 6.00. The Balaban J connectivity index is 1.53. The van der Waals surface area contributed by atoms with Crippen molar-refractivity contribution < 1.29 is 28.6 Å². The van der Waals surface area contributed by atoms with E-state index in [4.69, 9.17) is 9.84 Å². The maximum absolute atomic E-state index is 13.6. The molecule has 1 heterocycles. The number of anilines is 1. The molecular weight excluding hydrogens is 367 g/mol. The van der Waals surface area contributed by atoms with Crippen molar-refractivity contribution in [1.82, 2.24) is 5.32 Å². The van der Waals surface area contributed by atoms with E-state index in [0.717, 1.165) is 0 Å². The summed E-state index contributed by atoms with van der Waals surface area (Å²) in [6.45, 7) is 0.0633. The fourth-order valence-electron chi connectivity index (χ4n) is 2.86. The Bertz CT molecular complexity index is 884. The molecule has 0 unspecified atom stereocenters. The minimum atomic E-state index is -1.08. The van der Waals surface area contributed by atoms with Crippen molar-refractivity contribution >= 4 is 23.5 Å². The molecule has 2 atom stereocenters. The van der Waals surface area contributed by atoms with Crippen LogP contribution in [0.2, 0.25) is 0 Å². The van der Waals surface area contributed by atoms with Gasteiger partial charge in [-0.2, -0.15) is 0 Å². The second kappa shape index (κ2) is 8.62. The van der Waals surface area contributed by atoms with Crippen LogP contribution in [0.5, 0.6) is 0 Å². The summed E-state index contributed by atoms with van der Waals surface area (Å²) in [5.74, 6) is -2.27. The molecular formula is C20H19FN2O5. The highest BCUT2D eigenvalue weighted by molar-refractivity contribution is 5.97. The van der Waals surface area contributed by atoms with E-state index >= 15 is 0 Å². The molecule has 8 heteroatoms. The minimum absolute atomic E-state index is 0.0633.